The van der Waals surface area contributed by atoms with Crippen molar-refractivity contribution < 1.29 is 14.0 Å². The van der Waals surface area contributed by atoms with Gasteiger partial charge in [-0.25, -0.2) is 4.39 Å². The van der Waals surface area contributed by atoms with Crippen molar-refractivity contribution in [2.45, 2.75) is 6.42 Å². The van der Waals surface area contributed by atoms with Gasteiger partial charge in [-0.2, -0.15) is 0 Å². The van der Waals surface area contributed by atoms with Crippen LogP contribution >= 0.6 is 24.8 Å². The largest absolute Gasteiger partial charge is 0.369 e. The Morgan fingerprint density at radius 3 is 2.00 bits per heavy atom. The second-order valence-electron chi connectivity index (χ2n) is 2.57. The number of hydrogen-bond donors (Lipinski definition) is 1. The van der Waals surface area contributed by atoms with Gasteiger partial charge in [-0.1, -0.05) is 0 Å². The summed E-state index contributed by atoms with van der Waals surface area (Å²) in [4.78, 5) is 21.5. The fourth-order valence-corrected chi connectivity index (χ4v) is 0.896. The van der Waals surface area contributed by atoms with E-state index in [0.29, 0.717) is 5.56 Å². The molecule has 2 N–H and O–H groups in total. The maximum absolute atomic E-state index is 12.4. The van der Waals surface area contributed by atoms with Crippen LogP contribution in [0, 0.1) is 5.82 Å². The van der Waals surface area contributed by atoms with E-state index in [1.165, 1.54) is 12.1 Å². The lowest BCUT2D eigenvalue weighted by Crippen LogP contribution is -2.16. The summed E-state index contributed by atoms with van der Waals surface area (Å²) >= 11 is 0. The van der Waals surface area contributed by atoms with Crippen LogP contribution in [-0.2, 0) is 4.79 Å². The zero-order valence-electron chi connectivity index (χ0n) is 7.60. The maximum Gasteiger partial charge on any atom is 0.225 e. The Bertz CT molecular complexity index is 340. The molecule has 0 spiro atoms. The monoisotopic (exact) mass is 253 g/mol. The van der Waals surface area contributed by atoms with Gasteiger partial charge < -0.3 is 5.73 Å². The van der Waals surface area contributed by atoms with Gasteiger partial charge in [0.2, 0.25) is 5.91 Å². The first-order valence-electron chi connectivity index (χ1n) is 3.66. The Balaban J connectivity index is 0. The Morgan fingerprint density at radius 2 is 1.60 bits per heavy atom. The number of Topliss-reactive ketones (excluding diaryl/α,β-unsaturated/α-hetero) is 1. The number of amides is 1. The van der Waals surface area contributed by atoms with Gasteiger partial charge in [-0.15, -0.1) is 24.8 Å². The Morgan fingerprint density at radius 1 is 1.13 bits per heavy atom. The highest BCUT2D eigenvalue weighted by molar-refractivity contribution is 6.06. The molecule has 0 fully saturated rings. The molecule has 1 amide bonds. The molecule has 0 saturated carbocycles. The average Bonchev–Trinajstić information content (AvgIpc) is 2.04. The molecule has 0 atom stereocenters. The van der Waals surface area contributed by atoms with E-state index in [0.717, 1.165) is 12.1 Å². The third-order valence-electron chi connectivity index (χ3n) is 1.50. The third-order valence-corrected chi connectivity index (χ3v) is 1.50. The highest BCUT2D eigenvalue weighted by Gasteiger charge is 2.08. The van der Waals surface area contributed by atoms with Crippen molar-refractivity contribution in [2.75, 3.05) is 0 Å². The SMILES string of the molecule is Cl.Cl.NC(=O)CC(=O)c1ccc(F)cc1. The van der Waals surface area contributed by atoms with Crippen molar-refractivity contribution in [3.8, 4) is 0 Å². The summed E-state index contributed by atoms with van der Waals surface area (Å²) in [6, 6.07) is 4.96. The van der Waals surface area contributed by atoms with Crippen LogP contribution in [0.5, 0.6) is 0 Å². The molecule has 0 aromatic heterocycles. The minimum absolute atomic E-state index is 0. The first kappa shape index (κ1) is 16.3. The second-order valence-corrected chi connectivity index (χ2v) is 2.57. The Labute approximate surface area is 98.7 Å². The van der Waals surface area contributed by atoms with Gasteiger partial charge in [0.1, 0.15) is 5.82 Å². The first-order valence-corrected chi connectivity index (χ1v) is 3.66. The van der Waals surface area contributed by atoms with Gasteiger partial charge in [0.25, 0.3) is 0 Å². The number of halogens is 3. The van der Waals surface area contributed by atoms with Crippen LogP contribution < -0.4 is 5.73 Å². The molecule has 0 aliphatic carbocycles. The van der Waals surface area contributed by atoms with E-state index < -0.39 is 17.5 Å². The Kier molecular flexibility index (Phi) is 7.83. The zero-order valence-corrected chi connectivity index (χ0v) is 9.24. The van der Waals surface area contributed by atoms with Gasteiger partial charge in [-0.3, -0.25) is 9.59 Å². The van der Waals surface area contributed by atoms with Crippen LogP contribution in [0.4, 0.5) is 4.39 Å². The van der Waals surface area contributed by atoms with Gasteiger partial charge in [0.15, 0.2) is 5.78 Å². The second kappa shape index (κ2) is 7.20. The molecule has 84 valence electrons. The molecule has 1 aromatic carbocycles. The highest BCUT2D eigenvalue weighted by Crippen LogP contribution is 2.05. The molecule has 0 aliphatic rings. The van der Waals surface area contributed by atoms with Crippen LogP contribution in [0.25, 0.3) is 0 Å². The fraction of sp³-hybridized carbons (Fsp3) is 0.111. The molecular weight excluding hydrogens is 244 g/mol. The van der Waals surface area contributed by atoms with Gasteiger partial charge in [0, 0.05) is 5.56 Å². The average molecular weight is 254 g/mol. The first-order chi connectivity index (χ1) is 6.09. The van der Waals surface area contributed by atoms with Crippen LogP contribution in [0.15, 0.2) is 24.3 Å². The lowest BCUT2D eigenvalue weighted by Gasteiger charge is -1.96. The third kappa shape index (κ3) is 5.34. The van der Waals surface area contributed by atoms with E-state index in [1.54, 1.807) is 0 Å². The molecule has 0 saturated heterocycles. The van der Waals surface area contributed by atoms with Crippen molar-refractivity contribution in [1.29, 1.82) is 0 Å². The quantitative estimate of drug-likeness (QED) is 0.659. The molecule has 0 bridgehead atoms. The molecule has 0 aliphatic heterocycles. The lowest BCUT2D eigenvalue weighted by atomic mass is 10.1. The molecule has 6 heteroatoms. The van der Waals surface area contributed by atoms with Crippen molar-refractivity contribution in [2.24, 2.45) is 5.73 Å². The van der Waals surface area contributed by atoms with Crippen molar-refractivity contribution in [3.63, 3.8) is 0 Å². The zero-order chi connectivity index (χ0) is 9.84. The molecule has 15 heavy (non-hydrogen) atoms. The standard InChI is InChI=1S/C9H8FNO2.2ClH/c10-7-3-1-6(2-4-7)8(12)5-9(11)13;;/h1-4H,5H2,(H2,11,13);2*1H. The molecular formula is C9H10Cl2FNO2. The number of carbonyl (C=O) groups is 2. The summed E-state index contributed by atoms with van der Waals surface area (Å²) in [5, 5.41) is 0. The van der Waals surface area contributed by atoms with E-state index in [4.69, 9.17) is 5.73 Å². The topological polar surface area (TPSA) is 60.2 Å². The summed E-state index contributed by atoms with van der Waals surface area (Å²) in [7, 11) is 0. The van der Waals surface area contributed by atoms with Crippen molar-refractivity contribution in [3.05, 3.63) is 35.6 Å². The van der Waals surface area contributed by atoms with Crippen LogP contribution in [0.2, 0.25) is 0 Å². The molecule has 0 heterocycles. The highest BCUT2D eigenvalue weighted by atomic mass is 35.5. The van der Waals surface area contributed by atoms with Crippen LogP contribution in [0.1, 0.15) is 16.8 Å². The summed E-state index contributed by atoms with van der Waals surface area (Å²) in [6.45, 7) is 0. The maximum atomic E-state index is 12.4. The van der Waals surface area contributed by atoms with E-state index in [-0.39, 0.29) is 31.2 Å². The fourth-order valence-electron chi connectivity index (χ4n) is 0.896. The number of ketones is 1. The number of benzene rings is 1. The number of rotatable bonds is 3. The van der Waals surface area contributed by atoms with Gasteiger partial charge in [0.05, 0.1) is 6.42 Å². The van der Waals surface area contributed by atoms with E-state index >= 15 is 0 Å². The lowest BCUT2D eigenvalue weighted by molar-refractivity contribution is -0.117. The van der Waals surface area contributed by atoms with Gasteiger partial charge in [-0.05, 0) is 24.3 Å². The number of nitrogens with two attached hydrogens (primary N) is 1. The smallest absolute Gasteiger partial charge is 0.225 e. The predicted molar refractivity (Wildman–Crippen MR) is 59.0 cm³/mol. The van der Waals surface area contributed by atoms with Crippen LogP contribution in [0.3, 0.4) is 0 Å². The normalized spacial score (nSPS) is 8.33. The van der Waals surface area contributed by atoms with E-state index in [1.807, 2.05) is 0 Å². The van der Waals surface area contributed by atoms with Crippen molar-refractivity contribution in [1.82, 2.24) is 0 Å². The van der Waals surface area contributed by atoms with Crippen LogP contribution in [-0.4, -0.2) is 11.7 Å². The molecule has 1 aromatic rings. The molecule has 0 radical (unpaired) electrons. The minimum atomic E-state index is -0.686. The Hall–Kier alpha value is -1.13. The molecule has 3 nitrogen and oxygen atoms in total. The summed E-state index contributed by atoms with van der Waals surface area (Å²) in [6.07, 6.45) is -0.342. The summed E-state index contributed by atoms with van der Waals surface area (Å²) in [5.74, 6) is -1.50. The van der Waals surface area contributed by atoms with Crippen molar-refractivity contribution >= 4 is 36.5 Å². The van der Waals surface area contributed by atoms with E-state index in [2.05, 4.69) is 0 Å². The summed E-state index contributed by atoms with van der Waals surface area (Å²) < 4.78 is 12.4. The van der Waals surface area contributed by atoms with E-state index in [9.17, 15) is 14.0 Å². The predicted octanol–water partition coefficient (Wildman–Crippen LogP) is 1.73. The molecule has 0 unspecified atom stereocenters. The molecule has 1 rings (SSSR count). The summed E-state index contributed by atoms with van der Waals surface area (Å²) in [5.41, 5.74) is 5.12. The van der Waals surface area contributed by atoms with Gasteiger partial charge >= 0.3 is 0 Å². The number of primary amides is 1. The minimum Gasteiger partial charge on any atom is -0.369 e. The number of hydrogen-bond acceptors (Lipinski definition) is 2. The number of carbonyl (C=O) groups excluding carboxylic acids is 2.